The van der Waals surface area contributed by atoms with E-state index in [-0.39, 0.29) is 29.6 Å². The summed E-state index contributed by atoms with van der Waals surface area (Å²) in [6.45, 7) is 6.05. The zero-order chi connectivity index (χ0) is 19.6. The second-order valence-corrected chi connectivity index (χ2v) is 6.94. The highest BCUT2D eigenvalue weighted by molar-refractivity contribution is 5.89. The molecule has 0 radical (unpaired) electrons. The third-order valence-electron chi connectivity index (χ3n) is 4.81. The molecule has 3 aromatic rings. The summed E-state index contributed by atoms with van der Waals surface area (Å²) < 4.78 is 5.34. The van der Waals surface area contributed by atoms with Gasteiger partial charge in [0, 0.05) is 6.54 Å². The summed E-state index contributed by atoms with van der Waals surface area (Å²) in [5.41, 5.74) is 2.56. The fourth-order valence-corrected chi connectivity index (χ4v) is 3.25. The Bertz CT molecular complexity index is 1040. The normalized spacial score (nSPS) is 12.1. The summed E-state index contributed by atoms with van der Waals surface area (Å²) in [4.78, 5) is 24.7. The Morgan fingerprint density at radius 3 is 2.59 bits per heavy atom. The zero-order valence-electron chi connectivity index (χ0n) is 15.7. The van der Waals surface area contributed by atoms with Gasteiger partial charge in [-0.1, -0.05) is 37.3 Å². The maximum absolute atomic E-state index is 12.4. The van der Waals surface area contributed by atoms with Gasteiger partial charge in [0.1, 0.15) is 11.3 Å². The number of hydrogen-bond acceptors (Lipinski definition) is 4. The quantitative estimate of drug-likeness (QED) is 0.678. The predicted molar refractivity (Wildman–Crippen MR) is 105 cm³/mol. The van der Waals surface area contributed by atoms with Crippen LogP contribution in [0, 0.1) is 13.8 Å². The molecule has 0 saturated heterocycles. The second-order valence-electron chi connectivity index (χ2n) is 6.94. The van der Waals surface area contributed by atoms with Crippen LogP contribution in [0.5, 0.6) is 5.75 Å². The van der Waals surface area contributed by atoms with E-state index in [2.05, 4.69) is 5.32 Å². The smallest absolute Gasteiger partial charge is 0.340 e. The SMILES string of the molecule is Cc1cc(O)c2c(C)c(CC(=O)NCC(C)c3ccccc3)c(=O)oc2c1. The van der Waals surface area contributed by atoms with Crippen LogP contribution >= 0.6 is 0 Å². The lowest BCUT2D eigenvalue weighted by Crippen LogP contribution is -2.30. The molecule has 0 aliphatic heterocycles. The van der Waals surface area contributed by atoms with Crippen LogP contribution in [-0.4, -0.2) is 17.6 Å². The number of fused-ring (bicyclic) bond motifs is 1. The zero-order valence-corrected chi connectivity index (χ0v) is 15.7. The minimum absolute atomic E-state index is 0.0469. The molecule has 1 heterocycles. The van der Waals surface area contributed by atoms with Crippen molar-refractivity contribution >= 4 is 16.9 Å². The molecule has 0 saturated carbocycles. The molecule has 1 atom stereocenters. The van der Waals surface area contributed by atoms with E-state index in [1.807, 2.05) is 44.2 Å². The largest absolute Gasteiger partial charge is 0.507 e. The van der Waals surface area contributed by atoms with Crippen LogP contribution in [0.15, 0.2) is 51.7 Å². The first-order valence-electron chi connectivity index (χ1n) is 8.94. The van der Waals surface area contributed by atoms with Gasteiger partial charge < -0.3 is 14.8 Å². The molecule has 5 nitrogen and oxygen atoms in total. The second kappa shape index (κ2) is 7.66. The number of phenols is 1. The first-order chi connectivity index (χ1) is 12.9. The number of hydrogen-bond donors (Lipinski definition) is 2. The number of amides is 1. The van der Waals surface area contributed by atoms with Crippen molar-refractivity contribution < 1.29 is 14.3 Å². The number of nitrogens with one attached hydrogen (secondary N) is 1. The molecule has 1 aromatic heterocycles. The summed E-state index contributed by atoms with van der Waals surface area (Å²) in [6.07, 6.45) is -0.0844. The minimum atomic E-state index is -0.545. The van der Waals surface area contributed by atoms with Crippen LogP contribution in [0.1, 0.15) is 35.1 Å². The number of carbonyl (C=O) groups excluding carboxylic acids is 1. The summed E-state index contributed by atoms with van der Waals surface area (Å²) in [5.74, 6) is -0.0407. The molecule has 27 heavy (non-hydrogen) atoms. The Labute approximate surface area is 157 Å². The number of carbonyl (C=O) groups is 1. The summed E-state index contributed by atoms with van der Waals surface area (Å²) in [6, 6.07) is 13.2. The number of phenolic OH excluding ortho intramolecular Hbond substituents is 1. The molecule has 1 amide bonds. The summed E-state index contributed by atoms with van der Waals surface area (Å²) >= 11 is 0. The standard InChI is InChI=1S/C22H23NO4/c1-13-9-18(24)21-15(3)17(22(26)27-19(21)10-13)11-20(25)23-12-14(2)16-7-5-4-6-8-16/h4-10,14,24H,11-12H2,1-3H3,(H,23,25). The van der Waals surface area contributed by atoms with Gasteiger partial charge in [-0.3, -0.25) is 4.79 Å². The Hall–Kier alpha value is -3.08. The highest BCUT2D eigenvalue weighted by atomic mass is 16.4. The fraction of sp³-hybridized carbons (Fsp3) is 0.273. The van der Waals surface area contributed by atoms with Gasteiger partial charge in [0.25, 0.3) is 0 Å². The maximum Gasteiger partial charge on any atom is 0.340 e. The van der Waals surface area contributed by atoms with Gasteiger partial charge in [0.2, 0.25) is 5.91 Å². The van der Waals surface area contributed by atoms with Crippen molar-refractivity contribution in [2.45, 2.75) is 33.1 Å². The molecule has 0 aliphatic rings. The van der Waals surface area contributed by atoms with Crippen LogP contribution in [-0.2, 0) is 11.2 Å². The summed E-state index contributed by atoms with van der Waals surface area (Å²) in [7, 11) is 0. The van der Waals surface area contributed by atoms with Gasteiger partial charge in [0.15, 0.2) is 0 Å². The van der Waals surface area contributed by atoms with E-state index in [1.54, 1.807) is 19.1 Å². The molecule has 0 aliphatic carbocycles. The average Bonchev–Trinajstić information content (AvgIpc) is 2.63. The molecular formula is C22H23NO4. The summed E-state index contributed by atoms with van der Waals surface area (Å²) in [5, 5.41) is 13.6. The first kappa shape index (κ1) is 18.7. The third kappa shape index (κ3) is 4.03. The Morgan fingerprint density at radius 2 is 1.89 bits per heavy atom. The molecule has 0 bridgehead atoms. The first-order valence-corrected chi connectivity index (χ1v) is 8.94. The Morgan fingerprint density at radius 1 is 1.19 bits per heavy atom. The van der Waals surface area contributed by atoms with E-state index in [1.165, 1.54) is 0 Å². The minimum Gasteiger partial charge on any atom is -0.507 e. The number of benzene rings is 2. The van der Waals surface area contributed by atoms with Crippen molar-refractivity contribution in [3.05, 3.63) is 75.1 Å². The van der Waals surface area contributed by atoms with Crippen molar-refractivity contribution in [3.63, 3.8) is 0 Å². The highest BCUT2D eigenvalue weighted by Crippen LogP contribution is 2.29. The molecule has 1 unspecified atom stereocenters. The van der Waals surface area contributed by atoms with Gasteiger partial charge in [-0.05, 0) is 48.6 Å². The maximum atomic E-state index is 12.4. The number of aryl methyl sites for hydroxylation is 2. The van der Waals surface area contributed by atoms with E-state index >= 15 is 0 Å². The van der Waals surface area contributed by atoms with Gasteiger partial charge >= 0.3 is 5.63 Å². The Kier molecular flexibility index (Phi) is 5.31. The lowest BCUT2D eigenvalue weighted by atomic mass is 10.00. The lowest BCUT2D eigenvalue weighted by Gasteiger charge is -2.14. The molecule has 2 aromatic carbocycles. The molecule has 140 valence electrons. The number of rotatable bonds is 5. The molecular weight excluding hydrogens is 342 g/mol. The van der Waals surface area contributed by atoms with E-state index < -0.39 is 5.63 Å². The monoisotopic (exact) mass is 365 g/mol. The van der Waals surface area contributed by atoms with Crippen molar-refractivity contribution in [3.8, 4) is 5.75 Å². The fourth-order valence-electron chi connectivity index (χ4n) is 3.25. The van der Waals surface area contributed by atoms with Gasteiger partial charge in [-0.2, -0.15) is 0 Å². The molecule has 0 spiro atoms. The lowest BCUT2D eigenvalue weighted by molar-refractivity contribution is -0.120. The highest BCUT2D eigenvalue weighted by Gasteiger charge is 2.18. The van der Waals surface area contributed by atoms with Crippen LogP contribution < -0.4 is 10.9 Å². The van der Waals surface area contributed by atoms with Crippen molar-refractivity contribution in [1.29, 1.82) is 0 Å². The van der Waals surface area contributed by atoms with Crippen LogP contribution in [0.3, 0.4) is 0 Å². The average molecular weight is 365 g/mol. The van der Waals surface area contributed by atoms with Crippen LogP contribution in [0.25, 0.3) is 11.0 Å². The van der Waals surface area contributed by atoms with Crippen LogP contribution in [0.2, 0.25) is 0 Å². The van der Waals surface area contributed by atoms with Crippen molar-refractivity contribution in [1.82, 2.24) is 5.32 Å². The third-order valence-corrected chi connectivity index (χ3v) is 4.81. The van der Waals surface area contributed by atoms with Crippen molar-refractivity contribution in [2.75, 3.05) is 6.54 Å². The van der Waals surface area contributed by atoms with Gasteiger partial charge in [0.05, 0.1) is 17.4 Å². The van der Waals surface area contributed by atoms with E-state index in [9.17, 15) is 14.7 Å². The van der Waals surface area contributed by atoms with E-state index in [4.69, 9.17) is 4.42 Å². The van der Waals surface area contributed by atoms with E-state index in [0.717, 1.165) is 11.1 Å². The van der Waals surface area contributed by atoms with Gasteiger partial charge in [-0.25, -0.2) is 4.79 Å². The van der Waals surface area contributed by atoms with Crippen LogP contribution in [0.4, 0.5) is 0 Å². The molecule has 5 heteroatoms. The molecule has 3 rings (SSSR count). The topological polar surface area (TPSA) is 79.5 Å². The predicted octanol–water partition coefficient (Wildman–Crippen LogP) is 3.58. The van der Waals surface area contributed by atoms with E-state index in [0.29, 0.717) is 23.1 Å². The Balaban J connectivity index is 1.78. The number of aromatic hydroxyl groups is 1. The molecule has 0 fully saturated rings. The van der Waals surface area contributed by atoms with Gasteiger partial charge in [-0.15, -0.1) is 0 Å². The van der Waals surface area contributed by atoms with Crippen molar-refractivity contribution in [2.24, 2.45) is 0 Å². The molecule has 2 N–H and O–H groups in total.